The Kier molecular flexibility index (Phi) is 4.09. The number of hydrogen-bond acceptors (Lipinski definition) is 3. The lowest BCUT2D eigenvalue weighted by molar-refractivity contribution is -0.134. The van der Waals surface area contributed by atoms with Crippen molar-refractivity contribution in [2.45, 2.75) is 19.0 Å². The summed E-state index contributed by atoms with van der Waals surface area (Å²) in [7, 11) is 0. The van der Waals surface area contributed by atoms with Crippen LogP contribution < -0.4 is 5.73 Å². The number of hydrogen-bond donors (Lipinski definition) is 1. The van der Waals surface area contributed by atoms with Crippen LogP contribution in [0.25, 0.3) is 22.0 Å². The van der Waals surface area contributed by atoms with Crippen molar-refractivity contribution in [1.82, 2.24) is 9.97 Å². The Bertz CT molecular complexity index is 891. The number of aromatic nitrogens is 2. The van der Waals surface area contributed by atoms with Gasteiger partial charge in [0.05, 0.1) is 5.52 Å². The summed E-state index contributed by atoms with van der Waals surface area (Å²) in [4.78, 5) is 8.16. The smallest absolute Gasteiger partial charge is 0.383 e. The van der Waals surface area contributed by atoms with Gasteiger partial charge < -0.3 is 5.73 Å². The first-order valence-corrected chi connectivity index (χ1v) is 7.21. The van der Waals surface area contributed by atoms with Crippen molar-refractivity contribution in [2.24, 2.45) is 0 Å². The topological polar surface area (TPSA) is 51.8 Å². The van der Waals surface area contributed by atoms with Gasteiger partial charge in [0, 0.05) is 34.8 Å². The lowest BCUT2D eigenvalue weighted by Gasteiger charge is -2.11. The molecule has 3 nitrogen and oxygen atoms in total. The fraction of sp³-hybridized carbons (Fsp3) is 0.176. The molecular weight excluding hydrogens is 322 g/mol. The summed E-state index contributed by atoms with van der Waals surface area (Å²) >= 11 is 0. The lowest BCUT2D eigenvalue weighted by atomic mass is 10.0. The summed E-state index contributed by atoms with van der Waals surface area (Å²) < 4.78 is 51.2. The Balaban J connectivity index is 2.03. The minimum absolute atomic E-state index is 0.0215. The van der Waals surface area contributed by atoms with Crippen LogP contribution >= 0.6 is 0 Å². The van der Waals surface area contributed by atoms with E-state index in [0.29, 0.717) is 11.1 Å². The normalized spacial score (nSPS) is 11.8. The van der Waals surface area contributed by atoms with Crippen molar-refractivity contribution >= 4 is 16.7 Å². The zero-order valence-corrected chi connectivity index (χ0v) is 12.4. The SMILES string of the molecule is Nc1nc(CCC(F)(F)F)ccc1-c1c(F)ccc2cccnc12. The number of rotatable bonds is 3. The largest absolute Gasteiger partial charge is 0.389 e. The molecule has 0 aliphatic heterocycles. The van der Waals surface area contributed by atoms with E-state index in [2.05, 4.69) is 9.97 Å². The van der Waals surface area contributed by atoms with Gasteiger partial charge in [0.25, 0.3) is 0 Å². The number of alkyl halides is 3. The average molecular weight is 335 g/mol. The van der Waals surface area contributed by atoms with E-state index < -0.39 is 18.4 Å². The monoisotopic (exact) mass is 335 g/mol. The molecule has 24 heavy (non-hydrogen) atoms. The number of nitrogens with two attached hydrogens (primary N) is 1. The van der Waals surface area contributed by atoms with Crippen LogP contribution in [-0.2, 0) is 6.42 Å². The maximum absolute atomic E-state index is 14.3. The third kappa shape index (κ3) is 3.29. The molecule has 0 aliphatic carbocycles. The van der Waals surface area contributed by atoms with Crippen molar-refractivity contribution in [1.29, 1.82) is 0 Å². The number of halogens is 4. The summed E-state index contributed by atoms with van der Waals surface area (Å²) in [6.45, 7) is 0. The van der Waals surface area contributed by atoms with E-state index in [9.17, 15) is 17.6 Å². The molecule has 7 heteroatoms. The van der Waals surface area contributed by atoms with Gasteiger partial charge in [-0.05, 0) is 36.8 Å². The highest BCUT2D eigenvalue weighted by Crippen LogP contribution is 2.33. The molecular formula is C17H13F4N3. The van der Waals surface area contributed by atoms with Gasteiger partial charge in [-0.2, -0.15) is 13.2 Å². The van der Waals surface area contributed by atoms with Crippen LogP contribution in [-0.4, -0.2) is 16.1 Å². The van der Waals surface area contributed by atoms with Crippen LogP contribution in [0, 0.1) is 5.82 Å². The number of aryl methyl sites for hydroxylation is 1. The zero-order valence-electron chi connectivity index (χ0n) is 12.4. The van der Waals surface area contributed by atoms with Gasteiger partial charge >= 0.3 is 6.18 Å². The molecule has 0 fully saturated rings. The van der Waals surface area contributed by atoms with E-state index in [4.69, 9.17) is 5.73 Å². The molecule has 1 aromatic carbocycles. The summed E-state index contributed by atoms with van der Waals surface area (Å²) in [6.07, 6.45) is -3.99. The molecule has 0 radical (unpaired) electrons. The zero-order chi connectivity index (χ0) is 17.3. The number of fused-ring (bicyclic) bond motifs is 1. The van der Waals surface area contributed by atoms with Crippen molar-refractivity contribution in [3.63, 3.8) is 0 Å². The van der Waals surface area contributed by atoms with Gasteiger partial charge in [-0.15, -0.1) is 0 Å². The Morgan fingerprint density at radius 3 is 2.54 bits per heavy atom. The fourth-order valence-electron chi connectivity index (χ4n) is 2.51. The quantitative estimate of drug-likeness (QED) is 0.716. The van der Waals surface area contributed by atoms with Crippen LogP contribution in [0.3, 0.4) is 0 Å². The van der Waals surface area contributed by atoms with Crippen molar-refractivity contribution in [3.05, 3.63) is 54.1 Å². The highest BCUT2D eigenvalue weighted by molar-refractivity contribution is 5.96. The van der Waals surface area contributed by atoms with Gasteiger partial charge in [0.2, 0.25) is 0 Å². The van der Waals surface area contributed by atoms with Crippen molar-refractivity contribution < 1.29 is 17.6 Å². The highest BCUT2D eigenvalue weighted by Gasteiger charge is 2.27. The van der Waals surface area contributed by atoms with E-state index >= 15 is 0 Å². The maximum atomic E-state index is 14.3. The Labute approximate surface area is 135 Å². The van der Waals surface area contributed by atoms with E-state index in [1.165, 1.54) is 24.4 Å². The Morgan fingerprint density at radius 1 is 1.04 bits per heavy atom. The van der Waals surface area contributed by atoms with E-state index in [-0.39, 0.29) is 23.5 Å². The van der Waals surface area contributed by atoms with Crippen LogP contribution in [0.5, 0.6) is 0 Å². The number of pyridine rings is 2. The Hall–Kier alpha value is -2.70. The van der Waals surface area contributed by atoms with Gasteiger partial charge in [0.15, 0.2) is 0 Å². The Morgan fingerprint density at radius 2 is 1.83 bits per heavy atom. The molecule has 0 atom stereocenters. The van der Waals surface area contributed by atoms with Gasteiger partial charge in [0.1, 0.15) is 11.6 Å². The molecule has 2 heterocycles. The minimum atomic E-state index is -4.26. The highest BCUT2D eigenvalue weighted by atomic mass is 19.4. The second-order valence-electron chi connectivity index (χ2n) is 5.35. The second-order valence-corrected chi connectivity index (χ2v) is 5.35. The summed E-state index contributed by atoms with van der Waals surface area (Å²) in [6, 6.07) is 9.33. The summed E-state index contributed by atoms with van der Waals surface area (Å²) in [5.41, 5.74) is 7.01. The molecule has 0 aliphatic rings. The molecule has 3 rings (SSSR count). The fourth-order valence-corrected chi connectivity index (χ4v) is 2.51. The predicted octanol–water partition coefficient (Wildman–Crippen LogP) is 4.51. The first-order chi connectivity index (χ1) is 11.3. The number of benzene rings is 1. The molecule has 2 aromatic heterocycles. The van der Waals surface area contributed by atoms with Crippen LogP contribution in [0.1, 0.15) is 12.1 Å². The third-order valence-corrected chi connectivity index (χ3v) is 3.64. The standard InChI is InChI=1S/C17H13F4N3/c18-13-6-3-10-2-1-9-23-15(10)14(13)12-5-4-11(24-16(12)22)7-8-17(19,20)21/h1-6,9H,7-8H2,(H2,22,24). The van der Waals surface area contributed by atoms with Gasteiger partial charge in [-0.3, -0.25) is 4.98 Å². The molecule has 124 valence electrons. The van der Waals surface area contributed by atoms with E-state index in [0.717, 1.165) is 5.39 Å². The van der Waals surface area contributed by atoms with Crippen molar-refractivity contribution in [2.75, 3.05) is 5.73 Å². The molecule has 0 bridgehead atoms. The van der Waals surface area contributed by atoms with Crippen molar-refractivity contribution in [3.8, 4) is 11.1 Å². The third-order valence-electron chi connectivity index (χ3n) is 3.64. The minimum Gasteiger partial charge on any atom is -0.383 e. The van der Waals surface area contributed by atoms with Crippen LogP contribution in [0.15, 0.2) is 42.6 Å². The maximum Gasteiger partial charge on any atom is 0.389 e. The lowest BCUT2D eigenvalue weighted by Crippen LogP contribution is -2.10. The average Bonchev–Trinajstić information content (AvgIpc) is 2.53. The van der Waals surface area contributed by atoms with Crippen LogP contribution in [0.4, 0.5) is 23.4 Å². The molecule has 3 aromatic rings. The predicted molar refractivity (Wildman–Crippen MR) is 83.7 cm³/mol. The number of nitrogens with zero attached hydrogens (tertiary/aromatic N) is 2. The van der Waals surface area contributed by atoms with Gasteiger partial charge in [-0.25, -0.2) is 9.37 Å². The first kappa shape index (κ1) is 16.2. The molecule has 0 saturated carbocycles. The van der Waals surface area contributed by atoms with Gasteiger partial charge in [-0.1, -0.05) is 6.07 Å². The first-order valence-electron chi connectivity index (χ1n) is 7.21. The number of anilines is 1. The van der Waals surface area contributed by atoms with Crippen LogP contribution in [0.2, 0.25) is 0 Å². The molecule has 0 amide bonds. The second kappa shape index (κ2) is 6.07. The molecule has 2 N–H and O–H groups in total. The number of nitrogen functional groups attached to an aromatic ring is 1. The van der Waals surface area contributed by atoms with E-state index in [1.807, 2.05) is 0 Å². The summed E-state index contributed by atoms with van der Waals surface area (Å²) in [5.74, 6) is -0.538. The molecule has 0 spiro atoms. The molecule has 0 unspecified atom stereocenters. The van der Waals surface area contributed by atoms with E-state index in [1.54, 1.807) is 18.2 Å². The summed E-state index contributed by atoms with van der Waals surface area (Å²) in [5, 5.41) is 0.731. The molecule has 0 saturated heterocycles.